The van der Waals surface area contributed by atoms with Gasteiger partial charge in [0.25, 0.3) is 5.91 Å². The largest absolute Gasteiger partial charge is 0.384 e. The van der Waals surface area contributed by atoms with Crippen LogP contribution in [0.4, 0.5) is 0 Å². The van der Waals surface area contributed by atoms with Gasteiger partial charge in [0.2, 0.25) is 0 Å². The molecule has 0 bridgehead atoms. The molecule has 0 unspecified atom stereocenters. The fraction of sp³-hybridized carbons (Fsp3) is 0.286. The van der Waals surface area contributed by atoms with Crippen LogP contribution in [-0.2, 0) is 6.54 Å². The molecule has 0 saturated heterocycles. The summed E-state index contributed by atoms with van der Waals surface area (Å²) in [4.78, 5) is 19.0. The average Bonchev–Trinajstić information content (AvgIpc) is 3.04. The number of carbonyl (C=O) groups excluding carboxylic acids is 1. The van der Waals surface area contributed by atoms with Gasteiger partial charge in [0, 0.05) is 17.8 Å². The van der Waals surface area contributed by atoms with Crippen LogP contribution in [0, 0.1) is 18.8 Å². The number of aromatic nitrogens is 1. The molecule has 104 valence electrons. The van der Waals surface area contributed by atoms with Gasteiger partial charge in [-0.05, 0) is 13.0 Å². The lowest BCUT2D eigenvalue weighted by Crippen LogP contribution is -2.25. The van der Waals surface area contributed by atoms with E-state index >= 15 is 0 Å². The van der Waals surface area contributed by atoms with Crippen LogP contribution in [-0.4, -0.2) is 34.6 Å². The lowest BCUT2D eigenvalue weighted by Gasteiger charge is -2.14. The monoisotopic (exact) mass is 306 g/mol. The molecule has 0 saturated carbocycles. The van der Waals surface area contributed by atoms with E-state index in [1.807, 2.05) is 12.3 Å². The zero-order valence-corrected chi connectivity index (χ0v) is 12.8. The number of aliphatic hydroxyl groups is 1. The van der Waals surface area contributed by atoms with E-state index in [4.69, 9.17) is 5.11 Å². The Bertz CT molecular complexity index is 664. The maximum atomic E-state index is 12.3. The number of amides is 1. The van der Waals surface area contributed by atoms with Crippen LogP contribution in [0.25, 0.3) is 0 Å². The lowest BCUT2D eigenvalue weighted by atomic mass is 10.2. The quantitative estimate of drug-likeness (QED) is 0.884. The van der Waals surface area contributed by atoms with Gasteiger partial charge in [-0.3, -0.25) is 4.79 Å². The zero-order chi connectivity index (χ0) is 14.5. The molecule has 1 amide bonds. The first kappa shape index (κ1) is 14.7. The van der Waals surface area contributed by atoms with Crippen LogP contribution in [0.2, 0.25) is 0 Å². The SMILES string of the molecule is Cc1nc(CN(C)C(=O)c2csc(C#CCO)c2)cs1. The van der Waals surface area contributed by atoms with E-state index in [0.717, 1.165) is 15.6 Å². The zero-order valence-electron chi connectivity index (χ0n) is 11.2. The minimum absolute atomic E-state index is 0.0519. The minimum atomic E-state index is -0.176. The van der Waals surface area contributed by atoms with Gasteiger partial charge in [-0.15, -0.1) is 22.7 Å². The first-order chi connectivity index (χ1) is 9.60. The predicted molar refractivity (Wildman–Crippen MR) is 80.9 cm³/mol. The molecule has 0 aliphatic rings. The fourth-order valence-corrected chi connectivity index (χ4v) is 3.01. The van der Waals surface area contributed by atoms with Crippen molar-refractivity contribution in [3.8, 4) is 11.8 Å². The average molecular weight is 306 g/mol. The Balaban J connectivity index is 2.04. The van der Waals surface area contributed by atoms with E-state index in [1.54, 1.807) is 34.7 Å². The van der Waals surface area contributed by atoms with Crippen molar-refractivity contribution in [1.82, 2.24) is 9.88 Å². The summed E-state index contributed by atoms with van der Waals surface area (Å²) in [6.07, 6.45) is 0. The van der Waals surface area contributed by atoms with Crippen molar-refractivity contribution in [3.63, 3.8) is 0 Å². The maximum Gasteiger partial charge on any atom is 0.254 e. The highest BCUT2D eigenvalue weighted by Crippen LogP contribution is 2.17. The third kappa shape index (κ3) is 3.67. The van der Waals surface area contributed by atoms with Crippen molar-refractivity contribution in [2.45, 2.75) is 13.5 Å². The molecular weight excluding hydrogens is 292 g/mol. The number of nitrogens with zero attached hydrogens (tertiary/aromatic N) is 2. The van der Waals surface area contributed by atoms with Crippen molar-refractivity contribution < 1.29 is 9.90 Å². The maximum absolute atomic E-state index is 12.3. The van der Waals surface area contributed by atoms with Gasteiger partial charge >= 0.3 is 0 Å². The molecule has 0 fully saturated rings. The Kier molecular flexibility index (Phi) is 4.90. The van der Waals surface area contributed by atoms with E-state index < -0.39 is 0 Å². The number of hydrogen-bond donors (Lipinski definition) is 1. The molecule has 0 radical (unpaired) electrons. The van der Waals surface area contributed by atoms with Crippen molar-refractivity contribution in [2.75, 3.05) is 13.7 Å². The molecule has 0 aliphatic carbocycles. The number of aliphatic hydroxyl groups excluding tert-OH is 1. The van der Waals surface area contributed by atoms with Gasteiger partial charge in [-0.25, -0.2) is 4.98 Å². The summed E-state index contributed by atoms with van der Waals surface area (Å²) in [5, 5.41) is 13.4. The Morgan fingerprint density at radius 3 is 2.90 bits per heavy atom. The Morgan fingerprint density at radius 2 is 2.25 bits per heavy atom. The highest BCUT2D eigenvalue weighted by molar-refractivity contribution is 7.10. The van der Waals surface area contributed by atoms with Gasteiger partial charge in [-0.1, -0.05) is 11.8 Å². The molecule has 4 nitrogen and oxygen atoms in total. The molecule has 2 aromatic rings. The van der Waals surface area contributed by atoms with Crippen LogP contribution in [0.5, 0.6) is 0 Å². The molecule has 2 aromatic heterocycles. The summed E-state index contributed by atoms with van der Waals surface area (Å²) in [7, 11) is 1.76. The number of carbonyl (C=O) groups is 1. The summed E-state index contributed by atoms with van der Waals surface area (Å²) in [5.41, 5.74) is 1.52. The van der Waals surface area contributed by atoms with Crippen LogP contribution in [0.1, 0.15) is 25.9 Å². The molecule has 20 heavy (non-hydrogen) atoms. The van der Waals surface area contributed by atoms with Crippen molar-refractivity contribution in [1.29, 1.82) is 0 Å². The van der Waals surface area contributed by atoms with Gasteiger partial charge in [-0.2, -0.15) is 0 Å². The highest BCUT2D eigenvalue weighted by atomic mass is 32.1. The first-order valence-corrected chi connectivity index (χ1v) is 7.71. The number of aryl methyl sites for hydroxylation is 1. The molecule has 0 aliphatic heterocycles. The van der Waals surface area contributed by atoms with E-state index in [-0.39, 0.29) is 12.5 Å². The number of rotatable bonds is 3. The van der Waals surface area contributed by atoms with Gasteiger partial charge in [0.1, 0.15) is 6.61 Å². The summed E-state index contributed by atoms with van der Waals surface area (Å²) >= 11 is 2.98. The van der Waals surface area contributed by atoms with Gasteiger partial charge < -0.3 is 10.0 Å². The van der Waals surface area contributed by atoms with Crippen LogP contribution in [0.3, 0.4) is 0 Å². The topological polar surface area (TPSA) is 53.4 Å². The van der Waals surface area contributed by atoms with Gasteiger partial charge in [0.05, 0.1) is 27.7 Å². The molecular formula is C14H14N2O2S2. The minimum Gasteiger partial charge on any atom is -0.384 e. The van der Waals surface area contributed by atoms with Crippen molar-refractivity contribution in [2.24, 2.45) is 0 Å². The molecule has 0 aromatic carbocycles. The second-order valence-corrected chi connectivity index (χ2v) is 6.15. The molecule has 2 rings (SSSR count). The Morgan fingerprint density at radius 1 is 1.45 bits per heavy atom. The summed E-state index contributed by atoms with van der Waals surface area (Å²) in [5.74, 6) is 5.32. The smallest absolute Gasteiger partial charge is 0.254 e. The third-order valence-corrected chi connectivity index (χ3v) is 4.22. The van der Waals surface area contributed by atoms with E-state index in [9.17, 15) is 4.79 Å². The Labute approximate surface area is 125 Å². The third-order valence-electron chi connectivity index (χ3n) is 2.55. The number of hydrogen-bond acceptors (Lipinski definition) is 5. The van der Waals surface area contributed by atoms with Crippen molar-refractivity contribution in [3.05, 3.63) is 38.0 Å². The first-order valence-electron chi connectivity index (χ1n) is 5.95. The highest BCUT2D eigenvalue weighted by Gasteiger charge is 2.14. The van der Waals surface area contributed by atoms with Crippen LogP contribution >= 0.6 is 22.7 Å². The second kappa shape index (κ2) is 6.66. The predicted octanol–water partition coefficient (Wildman–Crippen LogP) is 2.13. The normalized spacial score (nSPS) is 9.95. The molecule has 0 spiro atoms. The van der Waals surface area contributed by atoms with E-state index in [1.165, 1.54) is 11.3 Å². The fourth-order valence-electron chi connectivity index (χ4n) is 1.66. The summed E-state index contributed by atoms with van der Waals surface area (Å²) in [6.45, 7) is 2.27. The van der Waals surface area contributed by atoms with Crippen molar-refractivity contribution >= 4 is 28.6 Å². The Hall–Kier alpha value is -1.68. The summed E-state index contributed by atoms with van der Waals surface area (Å²) < 4.78 is 0. The molecule has 1 N–H and O–H groups in total. The van der Waals surface area contributed by atoms with Gasteiger partial charge in [0.15, 0.2) is 0 Å². The molecule has 0 atom stereocenters. The molecule has 2 heterocycles. The summed E-state index contributed by atoms with van der Waals surface area (Å²) in [6, 6.07) is 1.75. The van der Waals surface area contributed by atoms with Crippen LogP contribution < -0.4 is 0 Å². The van der Waals surface area contributed by atoms with Crippen LogP contribution in [0.15, 0.2) is 16.8 Å². The second-order valence-electron chi connectivity index (χ2n) is 4.18. The number of thiazole rings is 1. The van der Waals surface area contributed by atoms with E-state index in [2.05, 4.69) is 16.8 Å². The standard InChI is InChI=1S/C14H14N2O2S2/c1-10-15-12(9-19-10)7-16(2)14(18)11-6-13(20-8-11)4-3-5-17/h6,8-9,17H,5,7H2,1-2H3. The van der Waals surface area contributed by atoms with E-state index in [0.29, 0.717) is 12.1 Å². The molecule has 6 heteroatoms. The lowest BCUT2D eigenvalue weighted by molar-refractivity contribution is 0.0784. The number of thiophene rings is 1.